The van der Waals surface area contributed by atoms with Crippen molar-refractivity contribution in [2.45, 2.75) is 63.5 Å². The summed E-state index contributed by atoms with van der Waals surface area (Å²) < 4.78 is 5.97. The fraction of sp³-hybridized carbons (Fsp3) is 0.833. The van der Waals surface area contributed by atoms with Gasteiger partial charge < -0.3 is 15.0 Å². The molecule has 1 aliphatic heterocycles. The second-order valence-electron chi connectivity index (χ2n) is 7.64. The van der Waals surface area contributed by atoms with Gasteiger partial charge in [-0.15, -0.1) is 0 Å². The molecular weight excluding hydrogens is 316 g/mol. The molecule has 2 heterocycles. The molecule has 7 nitrogen and oxygen atoms in total. The first kappa shape index (κ1) is 16.8. The van der Waals surface area contributed by atoms with E-state index in [1.807, 2.05) is 7.05 Å². The van der Waals surface area contributed by atoms with Gasteiger partial charge in [0.2, 0.25) is 0 Å². The maximum absolute atomic E-state index is 5.97. The first-order valence-corrected chi connectivity index (χ1v) is 9.72. The third-order valence-corrected chi connectivity index (χ3v) is 6.57. The van der Waals surface area contributed by atoms with Crippen LogP contribution in [0.5, 0.6) is 0 Å². The highest BCUT2D eigenvalue weighted by molar-refractivity contribution is 5.80. The Morgan fingerprint density at radius 1 is 1.44 bits per heavy atom. The van der Waals surface area contributed by atoms with Gasteiger partial charge in [0.15, 0.2) is 5.96 Å². The second-order valence-corrected chi connectivity index (χ2v) is 7.64. The van der Waals surface area contributed by atoms with Crippen molar-refractivity contribution < 1.29 is 4.74 Å². The van der Waals surface area contributed by atoms with Gasteiger partial charge in [-0.3, -0.25) is 10.1 Å². The van der Waals surface area contributed by atoms with Crippen LogP contribution in [0, 0.1) is 5.41 Å². The number of nitrogens with zero attached hydrogens (tertiary/aromatic N) is 4. The average molecular weight is 346 g/mol. The molecule has 3 aliphatic rings. The summed E-state index contributed by atoms with van der Waals surface area (Å²) in [6.07, 6.45) is 9.26. The number of ether oxygens (including phenoxy) is 1. The summed E-state index contributed by atoms with van der Waals surface area (Å²) >= 11 is 0. The van der Waals surface area contributed by atoms with E-state index in [0.717, 1.165) is 50.7 Å². The lowest BCUT2D eigenvalue weighted by Crippen LogP contribution is -2.69. The molecule has 1 spiro atoms. The van der Waals surface area contributed by atoms with Crippen LogP contribution < -0.4 is 5.32 Å². The molecule has 25 heavy (non-hydrogen) atoms. The van der Waals surface area contributed by atoms with E-state index in [9.17, 15) is 0 Å². The van der Waals surface area contributed by atoms with Gasteiger partial charge in [0.25, 0.3) is 0 Å². The summed E-state index contributed by atoms with van der Waals surface area (Å²) in [5, 5.41) is 10.8. The van der Waals surface area contributed by atoms with Gasteiger partial charge in [-0.2, -0.15) is 5.10 Å². The Hall–Kier alpha value is -1.63. The van der Waals surface area contributed by atoms with Crippen LogP contribution in [0.4, 0.5) is 0 Å². The fourth-order valence-electron chi connectivity index (χ4n) is 4.87. The molecular formula is C18H30N6O. The largest absolute Gasteiger partial charge is 0.378 e. The molecule has 1 aromatic rings. The molecule has 7 heteroatoms. The van der Waals surface area contributed by atoms with Gasteiger partial charge >= 0.3 is 0 Å². The number of aromatic nitrogens is 3. The summed E-state index contributed by atoms with van der Waals surface area (Å²) in [7, 11) is 1.90. The first-order chi connectivity index (χ1) is 12.3. The van der Waals surface area contributed by atoms with Crippen LogP contribution >= 0.6 is 0 Å². The Morgan fingerprint density at radius 2 is 2.24 bits per heavy atom. The number of nitrogens with one attached hydrogen (secondary N) is 2. The van der Waals surface area contributed by atoms with Crippen LogP contribution in [0.25, 0.3) is 0 Å². The molecule has 0 amide bonds. The summed E-state index contributed by atoms with van der Waals surface area (Å²) in [4.78, 5) is 11.3. The first-order valence-electron chi connectivity index (χ1n) is 9.72. The Balaban J connectivity index is 1.33. The van der Waals surface area contributed by atoms with E-state index >= 15 is 0 Å². The molecule has 2 aliphatic carbocycles. The summed E-state index contributed by atoms with van der Waals surface area (Å²) in [5.41, 5.74) is 0.365. The van der Waals surface area contributed by atoms with Gasteiger partial charge in [-0.05, 0) is 39.0 Å². The van der Waals surface area contributed by atoms with Gasteiger partial charge in [-0.1, -0.05) is 6.42 Å². The van der Waals surface area contributed by atoms with Gasteiger partial charge in [0.1, 0.15) is 12.2 Å². The summed E-state index contributed by atoms with van der Waals surface area (Å²) in [6.45, 7) is 4.95. The highest BCUT2D eigenvalue weighted by atomic mass is 16.5. The zero-order valence-electron chi connectivity index (χ0n) is 15.4. The number of likely N-dealkylation sites (tertiary alicyclic amines) is 1. The topological polar surface area (TPSA) is 78.4 Å². The molecule has 0 radical (unpaired) electrons. The summed E-state index contributed by atoms with van der Waals surface area (Å²) in [6, 6.07) is 0.517. The van der Waals surface area contributed by atoms with Crippen LogP contribution in [-0.2, 0) is 4.74 Å². The van der Waals surface area contributed by atoms with Crippen LogP contribution in [0.2, 0.25) is 0 Å². The lowest BCUT2D eigenvalue weighted by atomic mass is 9.51. The van der Waals surface area contributed by atoms with E-state index in [-0.39, 0.29) is 0 Å². The van der Waals surface area contributed by atoms with E-state index < -0.39 is 0 Å². The third-order valence-electron chi connectivity index (χ3n) is 6.57. The van der Waals surface area contributed by atoms with Crippen molar-refractivity contribution in [1.29, 1.82) is 0 Å². The van der Waals surface area contributed by atoms with Crippen molar-refractivity contribution in [2.75, 3.05) is 26.7 Å². The molecule has 1 saturated heterocycles. The Morgan fingerprint density at radius 3 is 2.80 bits per heavy atom. The molecule has 1 aromatic heterocycles. The number of piperidine rings is 1. The number of aromatic amines is 1. The predicted molar refractivity (Wildman–Crippen MR) is 96.5 cm³/mol. The van der Waals surface area contributed by atoms with E-state index in [1.54, 1.807) is 6.33 Å². The quantitative estimate of drug-likeness (QED) is 0.643. The number of hydrogen-bond donors (Lipinski definition) is 2. The van der Waals surface area contributed by atoms with Crippen molar-refractivity contribution >= 4 is 5.96 Å². The molecule has 0 aromatic carbocycles. The number of guanidine groups is 1. The van der Waals surface area contributed by atoms with Gasteiger partial charge in [0.05, 0.1) is 6.10 Å². The third kappa shape index (κ3) is 2.92. The van der Waals surface area contributed by atoms with Crippen molar-refractivity contribution in [2.24, 2.45) is 10.4 Å². The Labute approximate surface area is 149 Å². The van der Waals surface area contributed by atoms with Crippen LogP contribution in [0.15, 0.2) is 11.3 Å². The van der Waals surface area contributed by atoms with Crippen molar-refractivity contribution in [3.8, 4) is 0 Å². The Bertz CT molecular complexity index is 589. The monoisotopic (exact) mass is 346 g/mol. The molecule has 2 atom stereocenters. The average Bonchev–Trinajstić information content (AvgIpc) is 3.11. The van der Waals surface area contributed by atoms with Crippen LogP contribution in [0.3, 0.4) is 0 Å². The van der Waals surface area contributed by atoms with E-state index in [0.29, 0.717) is 23.5 Å². The maximum atomic E-state index is 5.97. The van der Waals surface area contributed by atoms with Gasteiger partial charge in [0, 0.05) is 44.1 Å². The number of H-pyrrole nitrogens is 1. The molecule has 2 saturated carbocycles. The van der Waals surface area contributed by atoms with E-state index in [1.165, 1.54) is 19.3 Å². The zero-order chi connectivity index (χ0) is 17.3. The molecule has 138 valence electrons. The zero-order valence-corrected chi connectivity index (χ0v) is 15.4. The molecule has 3 fully saturated rings. The van der Waals surface area contributed by atoms with E-state index in [2.05, 4.69) is 37.3 Å². The molecule has 2 N–H and O–H groups in total. The molecule has 2 unspecified atom stereocenters. The molecule has 0 bridgehead atoms. The SMILES string of the molecule is CCOC1CC(NC(=NC)N2CCC(c3ncn[nH]3)CC2)C12CCC2. The smallest absolute Gasteiger partial charge is 0.193 e. The van der Waals surface area contributed by atoms with Crippen molar-refractivity contribution in [3.63, 3.8) is 0 Å². The molecule has 4 rings (SSSR count). The lowest BCUT2D eigenvalue weighted by molar-refractivity contribution is -0.169. The van der Waals surface area contributed by atoms with Crippen LogP contribution in [-0.4, -0.2) is 64.9 Å². The second kappa shape index (κ2) is 6.94. The van der Waals surface area contributed by atoms with Crippen molar-refractivity contribution in [1.82, 2.24) is 25.4 Å². The maximum Gasteiger partial charge on any atom is 0.193 e. The standard InChI is InChI=1S/C18H30N6O/c1-3-25-15-11-14(18(15)7-4-8-18)22-17(19-2)24-9-5-13(6-10-24)16-20-12-21-23-16/h12-15H,3-11H2,1-2H3,(H,19,22)(H,20,21,23). The Kier molecular flexibility index (Phi) is 4.67. The number of hydrogen-bond acceptors (Lipinski definition) is 4. The lowest BCUT2D eigenvalue weighted by Gasteiger charge is -2.61. The van der Waals surface area contributed by atoms with Gasteiger partial charge in [-0.25, -0.2) is 4.98 Å². The fourth-order valence-corrected chi connectivity index (χ4v) is 4.87. The minimum atomic E-state index is 0.365. The highest BCUT2D eigenvalue weighted by Gasteiger charge is 2.59. The minimum Gasteiger partial charge on any atom is -0.378 e. The minimum absolute atomic E-state index is 0.365. The van der Waals surface area contributed by atoms with Crippen molar-refractivity contribution in [3.05, 3.63) is 12.2 Å². The van der Waals surface area contributed by atoms with E-state index in [4.69, 9.17) is 4.74 Å². The number of rotatable bonds is 4. The highest BCUT2D eigenvalue weighted by Crippen LogP contribution is 2.57. The normalized spacial score (nSPS) is 29.4. The predicted octanol–water partition coefficient (Wildman–Crippen LogP) is 1.91. The summed E-state index contributed by atoms with van der Waals surface area (Å²) in [5.74, 6) is 2.57. The number of aliphatic imine (C=N–C) groups is 1. The van der Waals surface area contributed by atoms with Crippen LogP contribution in [0.1, 0.15) is 57.2 Å².